The van der Waals surface area contributed by atoms with Gasteiger partial charge in [-0.1, -0.05) is 25.1 Å². The van der Waals surface area contributed by atoms with Crippen molar-refractivity contribution < 1.29 is 9.59 Å². The largest absolute Gasteiger partial charge is 0.299 e. The van der Waals surface area contributed by atoms with Crippen molar-refractivity contribution in [3.63, 3.8) is 0 Å². The van der Waals surface area contributed by atoms with E-state index in [2.05, 4.69) is 6.92 Å². The highest BCUT2D eigenvalue weighted by molar-refractivity contribution is 8.13. The van der Waals surface area contributed by atoms with Gasteiger partial charge in [-0.2, -0.15) is 0 Å². The van der Waals surface area contributed by atoms with E-state index >= 15 is 0 Å². The molecule has 0 atom stereocenters. The van der Waals surface area contributed by atoms with E-state index < -0.39 is 5.41 Å². The minimum absolute atomic E-state index is 0.0569. The lowest BCUT2D eigenvalue weighted by Gasteiger charge is -2.08. The Morgan fingerprint density at radius 2 is 2.00 bits per heavy atom. The van der Waals surface area contributed by atoms with Crippen LogP contribution in [0.4, 0.5) is 0 Å². The van der Waals surface area contributed by atoms with Gasteiger partial charge in [-0.3, -0.25) is 9.59 Å². The van der Waals surface area contributed by atoms with E-state index in [1.807, 2.05) is 0 Å². The molecule has 0 heterocycles. The van der Waals surface area contributed by atoms with Gasteiger partial charge in [0.25, 0.3) is 0 Å². The maximum atomic E-state index is 11.6. The highest BCUT2D eigenvalue weighted by Crippen LogP contribution is 2.49. The monoisotopic (exact) mass is 200 g/mol. The summed E-state index contributed by atoms with van der Waals surface area (Å²) in [6.07, 6.45) is 3.72. The average Bonchev–Trinajstić information content (AvgIpc) is 2.84. The first-order valence-corrected chi connectivity index (χ1v) is 5.80. The first kappa shape index (κ1) is 10.8. The molecule has 0 aliphatic heterocycles. The van der Waals surface area contributed by atoms with Crippen LogP contribution in [0.15, 0.2) is 0 Å². The summed E-state index contributed by atoms with van der Waals surface area (Å²) in [5.41, 5.74) is -0.557. The zero-order valence-electron chi connectivity index (χ0n) is 8.26. The van der Waals surface area contributed by atoms with Crippen LogP contribution in [-0.2, 0) is 9.59 Å². The van der Waals surface area contributed by atoms with Crippen LogP contribution in [0.5, 0.6) is 0 Å². The van der Waals surface area contributed by atoms with Crippen molar-refractivity contribution in [3.8, 4) is 0 Å². The van der Waals surface area contributed by atoms with E-state index in [1.54, 1.807) is 0 Å². The van der Waals surface area contributed by atoms with Crippen molar-refractivity contribution in [1.82, 2.24) is 0 Å². The zero-order chi connectivity index (χ0) is 9.90. The van der Waals surface area contributed by atoms with Crippen LogP contribution in [0.3, 0.4) is 0 Å². The minimum Gasteiger partial charge on any atom is -0.299 e. The number of hydrogen-bond acceptors (Lipinski definition) is 3. The fourth-order valence-corrected chi connectivity index (χ4v) is 2.51. The Hall–Kier alpha value is -0.310. The van der Waals surface area contributed by atoms with Crippen LogP contribution in [0.2, 0.25) is 0 Å². The molecule has 0 N–H and O–H groups in total. The molecule has 0 bridgehead atoms. The summed E-state index contributed by atoms with van der Waals surface area (Å²) in [6, 6.07) is 0. The number of unbranched alkanes of at least 4 members (excludes halogenated alkanes) is 1. The number of ketones is 1. The van der Waals surface area contributed by atoms with Crippen molar-refractivity contribution in [3.05, 3.63) is 0 Å². The van der Waals surface area contributed by atoms with Gasteiger partial charge >= 0.3 is 0 Å². The fraction of sp³-hybridized carbons (Fsp3) is 0.800. The van der Waals surface area contributed by atoms with Crippen molar-refractivity contribution in [2.45, 2.75) is 39.5 Å². The summed E-state index contributed by atoms with van der Waals surface area (Å²) < 4.78 is 0. The van der Waals surface area contributed by atoms with Gasteiger partial charge in [0.1, 0.15) is 5.78 Å². The molecule has 0 radical (unpaired) electrons. The van der Waals surface area contributed by atoms with Crippen molar-refractivity contribution in [2.75, 3.05) is 5.75 Å². The molecule has 74 valence electrons. The molecule has 1 rings (SSSR count). The summed E-state index contributed by atoms with van der Waals surface area (Å²) in [7, 11) is 0. The lowest BCUT2D eigenvalue weighted by Crippen LogP contribution is -2.21. The van der Waals surface area contributed by atoms with E-state index in [-0.39, 0.29) is 10.9 Å². The highest BCUT2D eigenvalue weighted by atomic mass is 32.2. The van der Waals surface area contributed by atoms with Gasteiger partial charge in [-0.15, -0.1) is 0 Å². The molecule has 2 nitrogen and oxygen atoms in total. The summed E-state index contributed by atoms with van der Waals surface area (Å²) in [6.45, 7) is 3.63. The average molecular weight is 200 g/mol. The lowest BCUT2D eigenvalue weighted by molar-refractivity contribution is -0.128. The fourth-order valence-electron chi connectivity index (χ4n) is 1.27. The molecule has 3 heteroatoms. The molecular formula is C10H16O2S. The Morgan fingerprint density at radius 3 is 2.38 bits per heavy atom. The molecule has 0 saturated heterocycles. The zero-order valence-corrected chi connectivity index (χ0v) is 9.08. The third kappa shape index (κ3) is 2.33. The van der Waals surface area contributed by atoms with Crippen LogP contribution < -0.4 is 0 Å². The molecular weight excluding hydrogens is 184 g/mol. The third-order valence-electron chi connectivity index (χ3n) is 2.55. The van der Waals surface area contributed by atoms with E-state index in [4.69, 9.17) is 0 Å². The quantitative estimate of drug-likeness (QED) is 0.505. The summed E-state index contributed by atoms with van der Waals surface area (Å²) >= 11 is 1.34. The van der Waals surface area contributed by atoms with E-state index in [0.717, 1.165) is 31.4 Å². The number of carbonyl (C=O) groups is 2. The SMILES string of the molecule is CCCCSC(=O)C1(C(C)=O)CC1. The molecule has 0 spiro atoms. The molecule has 1 aliphatic rings. The molecule has 0 aromatic heterocycles. The molecule has 1 aliphatic carbocycles. The number of Topliss-reactive ketones (excluding diaryl/α,β-unsaturated/α-hetero) is 1. The van der Waals surface area contributed by atoms with Gasteiger partial charge in [0.15, 0.2) is 0 Å². The number of carbonyl (C=O) groups excluding carboxylic acids is 2. The van der Waals surface area contributed by atoms with Crippen LogP contribution in [0.1, 0.15) is 39.5 Å². The Bertz CT molecular complexity index is 219. The smallest absolute Gasteiger partial charge is 0.202 e. The predicted octanol–water partition coefficient (Wildman–Crippen LogP) is 2.42. The normalized spacial score (nSPS) is 18.3. The third-order valence-corrected chi connectivity index (χ3v) is 3.69. The van der Waals surface area contributed by atoms with Crippen molar-refractivity contribution in [1.29, 1.82) is 0 Å². The van der Waals surface area contributed by atoms with Gasteiger partial charge in [0.2, 0.25) is 5.12 Å². The maximum absolute atomic E-state index is 11.6. The number of thioether (sulfide) groups is 1. The van der Waals surface area contributed by atoms with Gasteiger partial charge in [0.05, 0.1) is 5.41 Å². The molecule has 13 heavy (non-hydrogen) atoms. The topological polar surface area (TPSA) is 34.1 Å². The lowest BCUT2D eigenvalue weighted by atomic mass is 10.1. The van der Waals surface area contributed by atoms with Crippen LogP contribution in [-0.4, -0.2) is 16.7 Å². The van der Waals surface area contributed by atoms with Gasteiger partial charge in [-0.25, -0.2) is 0 Å². The van der Waals surface area contributed by atoms with Gasteiger partial charge in [-0.05, 0) is 26.2 Å². The molecule has 0 amide bonds. The van der Waals surface area contributed by atoms with Crippen molar-refractivity contribution >= 4 is 22.7 Å². The van der Waals surface area contributed by atoms with Crippen LogP contribution in [0, 0.1) is 5.41 Å². The Morgan fingerprint density at radius 1 is 1.38 bits per heavy atom. The number of hydrogen-bond donors (Lipinski definition) is 0. The van der Waals surface area contributed by atoms with Gasteiger partial charge in [0, 0.05) is 5.75 Å². The number of rotatable bonds is 5. The standard InChI is InChI=1S/C10H16O2S/c1-3-4-7-13-9(12)10(5-6-10)8(2)11/h3-7H2,1-2H3. The van der Waals surface area contributed by atoms with Crippen LogP contribution >= 0.6 is 11.8 Å². The first-order chi connectivity index (χ1) is 6.13. The minimum atomic E-state index is -0.557. The van der Waals surface area contributed by atoms with Crippen LogP contribution in [0.25, 0.3) is 0 Å². The molecule has 0 aromatic carbocycles. The molecule has 1 fully saturated rings. The molecule has 0 unspecified atom stereocenters. The van der Waals surface area contributed by atoms with E-state index in [9.17, 15) is 9.59 Å². The van der Waals surface area contributed by atoms with Crippen molar-refractivity contribution in [2.24, 2.45) is 5.41 Å². The summed E-state index contributed by atoms with van der Waals surface area (Å²) in [5.74, 6) is 0.922. The Labute approximate surface area is 83.5 Å². The van der Waals surface area contributed by atoms with E-state index in [1.165, 1.54) is 18.7 Å². The van der Waals surface area contributed by atoms with Gasteiger partial charge < -0.3 is 0 Å². The second kappa shape index (κ2) is 4.27. The molecule has 0 aromatic rings. The molecule has 1 saturated carbocycles. The highest BCUT2D eigenvalue weighted by Gasteiger charge is 2.53. The second-order valence-electron chi connectivity index (χ2n) is 3.63. The Kier molecular flexibility index (Phi) is 3.54. The second-order valence-corrected chi connectivity index (χ2v) is 4.70. The van der Waals surface area contributed by atoms with E-state index in [0.29, 0.717) is 0 Å². The summed E-state index contributed by atoms with van der Waals surface area (Å²) in [4.78, 5) is 22.8. The summed E-state index contributed by atoms with van der Waals surface area (Å²) in [5, 5.41) is 0.105. The Balaban J connectivity index is 2.35. The maximum Gasteiger partial charge on any atom is 0.202 e. The first-order valence-electron chi connectivity index (χ1n) is 4.82. The predicted molar refractivity (Wildman–Crippen MR) is 54.7 cm³/mol.